The van der Waals surface area contributed by atoms with E-state index in [4.69, 9.17) is 0 Å². The molecule has 0 aliphatic heterocycles. The molecule has 0 aromatic carbocycles. The van der Waals surface area contributed by atoms with E-state index in [1.54, 1.807) is 0 Å². The fourth-order valence-electron chi connectivity index (χ4n) is 4.02. The van der Waals surface area contributed by atoms with Crippen LogP contribution in [0, 0.1) is 6.92 Å². The molecule has 0 bridgehead atoms. The Kier molecular flexibility index (Phi) is 21.1. The van der Waals surface area contributed by atoms with Crippen LogP contribution in [0.25, 0.3) is 0 Å². The molecule has 0 radical (unpaired) electrons. The van der Waals surface area contributed by atoms with E-state index >= 15 is 0 Å². The molecular weight excluding hydrogens is 524 g/mol. The molecule has 1 rings (SSSR count). The summed E-state index contributed by atoms with van der Waals surface area (Å²) in [6.07, 6.45) is 24.0. The zero-order chi connectivity index (χ0) is 26.5. The summed E-state index contributed by atoms with van der Waals surface area (Å²) >= 11 is 4.43. The van der Waals surface area contributed by atoms with Crippen LogP contribution in [-0.4, -0.2) is 31.9 Å². The zero-order valence-corrected chi connectivity index (χ0v) is 25.3. The van der Waals surface area contributed by atoms with E-state index in [1.807, 2.05) is 0 Å². The first-order valence-corrected chi connectivity index (χ1v) is 18.4. The number of hydrogen-bond acceptors (Lipinski definition) is 0. The smallest absolute Gasteiger partial charge is 0.418 e. The Bertz CT molecular complexity index is 567. The molecule has 0 fully saturated rings. The summed E-state index contributed by atoms with van der Waals surface area (Å²) in [5.74, 6) is 0. The van der Waals surface area contributed by atoms with Crippen molar-refractivity contribution < 1.29 is 21.8 Å². The number of aromatic nitrogens is 1. The van der Waals surface area contributed by atoms with Gasteiger partial charge in [0.15, 0.2) is 12.4 Å². The van der Waals surface area contributed by atoms with Crippen molar-refractivity contribution in [3.63, 3.8) is 0 Å². The predicted octanol–water partition coefficient (Wildman–Crippen LogP) is 10.4. The molecule has 0 saturated heterocycles. The largest absolute Gasteiger partial charge is 0.673 e. The Morgan fingerprint density at radius 3 is 1.38 bits per heavy atom. The van der Waals surface area contributed by atoms with Crippen LogP contribution in [0.1, 0.15) is 104 Å². The van der Waals surface area contributed by atoms with E-state index in [2.05, 4.69) is 86.1 Å². The van der Waals surface area contributed by atoms with Gasteiger partial charge in [0.2, 0.25) is 0 Å². The summed E-state index contributed by atoms with van der Waals surface area (Å²) in [7, 11) is -6.00. The second-order valence-electron chi connectivity index (χ2n) is 9.60. The van der Waals surface area contributed by atoms with Gasteiger partial charge in [0.05, 0.1) is 0 Å². The third kappa shape index (κ3) is 21.2. The van der Waals surface area contributed by atoms with E-state index in [1.165, 1.54) is 94.4 Å². The first kappa shape index (κ1) is 36.0. The first-order chi connectivity index (χ1) is 15.9. The van der Waals surface area contributed by atoms with Gasteiger partial charge in [-0.2, -0.15) is 0 Å². The molecule has 0 aliphatic rings. The van der Waals surface area contributed by atoms with Gasteiger partial charge in [-0.15, -0.1) is 0 Å². The molecule has 1 nitrogen and oxygen atoms in total. The van der Waals surface area contributed by atoms with Gasteiger partial charge in [-0.3, -0.25) is 0 Å². The van der Waals surface area contributed by atoms with Crippen LogP contribution in [-0.2, 0) is 6.54 Å². The minimum Gasteiger partial charge on any atom is -0.418 e. The van der Waals surface area contributed by atoms with E-state index in [0.29, 0.717) is 0 Å². The molecule has 0 amide bonds. The molecule has 0 atom stereocenters. The van der Waals surface area contributed by atoms with Crippen LogP contribution in [0.2, 0.25) is 0 Å². The fraction of sp³-hybridized carbons (Fsp3) is 0.808. The topological polar surface area (TPSA) is 3.88 Å². The Labute approximate surface area is 216 Å². The van der Waals surface area contributed by atoms with Crippen molar-refractivity contribution in [3.8, 4) is 0 Å². The van der Waals surface area contributed by atoms with Crippen LogP contribution >= 0.6 is 20.8 Å². The fourth-order valence-corrected chi connectivity index (χ4v) is 12.8. The van der Waals surface area contributed by atoms with Gasteiger partial charge in [-0.25, -0.2) is 4.57 Å². The van der Waals surface area contributed by atoms with Crippen molar-refractivity contribution >= 4 is 28.0 Å². The summed E-state index contributed by atoms with van der Waals surface area (Å²) in [6, 6.07) is 4.23. The van der Waals surface area contributed by atoms with Crippen LogP contribution in [0.15, 0.2) is 24.5 Å². The second kappa shape index (κ2) is 20.0. The average molecular weight is 576 g/mol. The summed E-state index contributed by atoms with van der Waals surface area (Å²) < 4.78 is 41.2. The molecule has 0 aliphatic carbocycles. The van der Waals surface area contributed by atoms with Gasteiger partial charge in [-0.1, -0.05) is 13.3 Å². The van der Waals surface area contributed by atoms with Crippen LogP contribution in [0.5, 0.6) is 0 Å². The van der Waals surface area contributed by atoms with Crippen molar-refractivity contribution in [1.29, 1.82) is 0 Å². The third-order valence-corrected chi connectivity index (χ3v) is 16.0. The zero-order valence-electron chi connectivity index (χ0n) is 22.8. The number of rotatable bonds is 15. The maximum Gasteiger partial charge on any atom is 0.673 e. The van der Waals surface area contributed by atoms with Gasteiger partial charge in [0.25, 0.3) is 0 Å². The van der Waals surface area contributed by atoms with E-state index in [-0.39, 0.29) is 0 Å². The minimum atomic E-state index is -6.00. The molecule has 204 valence electrons. The SMILES string of the molecule is CCCCP(Br)(CCCC)(CCCC)CCCC.CCCC[n+]1cccc(C)c1.F[B-](F)(F)F. The quantitative estimate of drug-likeness (QED) is 0.0847. The van der Waals surface area contributed by atoms with E-state index in [0.717, 1.165) is 6.54 Å². The van der Waals surface area contributed by atoms with E-state index < -0.39 is 12.6 Å². The summed E-state index contributed by atoms with van der Waals surface area (Å²) in [5, 5.41) is -1.55. The minimum absolute atomic E-state index is 1.15. The average Bonchev–Trinajstić information content (AvgIpc) is 2.77. The Balaban J connectivity index is 0. The molecule has 0 unspecified atom stereocenters. The molecule has 1 aromatic heterocycles. The van der Waals surface area contributed by atoms with Crippen LogP contribution in [0.3, 0.4) is 0 Å². The number of nitrogens with zero attached hydrogens (tertiary/aromatic N) is 1. The van der Waals surface area contributed by atoms with Gasteiger partial charge in [0, 0.05) is 18.1 Å². The van der Waals surface area contributed by atoms with Gasteiger partial charge in [0.1, 0.15) is 6.54 Å². The summed E-state index contributed by atoms with van der Waals surface area (Å²) in [6.45, 7) is 14.9. The van der Waals surface area contributed by atoms with Crippen molar-refractivity contribution in [2.45, 2.75) is 112 Å². The molecule has 34 heavy (non-hydrogen) atoms. The maximum absolute atomic E-state index is 9.75. The molecular formula is C26H52BBrF4NP. The standard InChI is InChI=1S/C16H36BrP.C10H16N.BF4/c1-5-9-13-18(17,14-10-6-2,15-11-7-3)16-12-8-4;1-3-4-7-11-8-5-6-10(2)9-11;2-1(3,4)5/h5-16H2,1-4H3;5-6,8-9H,3-4,7H2,1-2H3;/q;+1;-1. The number of pyridine rings is 1. The van der Waals surface area contributed by atoms with Crippen LogP contribution < -0.4 is 4.57 Å². The normalized spacial score (nSPS) is 12.6. The number of unbranched alkanes of at least 4 members (excludes halogenated alkanes) is 5. The molecule has 1 heterocycles. The van der Waals surface area contributed by atoms with E-state index in [9.17, 15) is 17.3 Å². The summed E-state index contributed by atoms with van der Waals surface area (Å²) in [4.78, 5) is 0. The van der Waals surface area contributed by atoms with Gasteiger partial charge < -0.3 is 17.3 Å². The molecule has 8 heteroatoms. The van der Waals surface area contributed by atoms with Crippen molar-refractivity contribution in [2.75, 3.05) is 24.6 Å². The van der Waals surface area contributed by atoms with Crippen molar-refractivity contribution in [1.82, 2.24) is 0 Å². The Morgan fingerprint density at radius 2 is 1.09 bits per heavy atom. The number of aryl methyl sites for hydroxylation is 2. The number of halogens is 5. The van der Waals surface area contributed by atoms with Crippen molar-refractivity contribution in [2.24, 2.45) is 0 Å². The molecule has 1 aromatic rings. The third-order valence-electron chi connectivity index (χ3n) is 6.06. The molecule has 0 spiro atoms. The maximum atomic E-state index is 9.75. The number of hydrogen-bond donors (Lipinski definition) is 0. The molecule has 0 N–H and O–H groups in total. The predicted molar refractivity (Wildman–Crippen MR) is 151 cm³/mol. The monoisotopic (exact) mass is 575 g/mol. The van der Waals surface area contributed by atoms with Crippen molar-refractivity contribution in [3.05, 3.63) is 30.1 Å². The second-order valence-corrected chi connectivity index (χ2v) is 21.0. The molecule has 0 saturated carbocycles. The van der Waals surface area contributed by atoms with Gasteiger partial charge >= 0.3 is 132 Å². The summed E-state index contributed by atoms with van der Waals surface area (Å²) in [5.41, 5.74) is 1.34. The van der Waals surface area contributed by atoms with Crippen LogP contribution in [0.4, 0.5) is 17.3 Å². The van der Waals surface area contributed by atoms with Gasteiger partial charge in [-0.05, 0) is 13.0 Å². The first-order valence-electron chi connectivity index (χ1n) is 13.4. The Hall–Kier alpha value is -0.155. The Morgan fingerprint density at radius 1 is 0.735 bits per heavy atom.